The lowest BCUT2D eigenvalue weighted by atomic mass is 9.90. The summed E-state index contributed by atoms with van der Waals surface area (Å²) in [6.45, 7) is 4.91. The van der Waals surface area contributed by atoms with Crippen molar-refractivity contribution in [3.05, 3.63) is 65.6 Å². The van der Waals surface area contributed by atoms with Crippen LogP contribution in [0.2, 0.25) is 0 Å². The number of hydrogen-bond acceptors (Lipinski definition) is 4. The van der Waals surface area contributed by atoms with Crippen LogP contribution in [0.15, 0.2) is 48.8 Å². The van der Waals surface area contributed by atoms with Gasteiger partial charge in [-0.15, -0.1) is 0 Å². The average molecular weight is 347 g/mol. The Morgan fingerprint density at radius 1 is 1.08 bits per heavy atom. The Hall–Kier alpha value is -2.46. The van der Waals surface area contributed by atoms with Gasteiger partial charge in [-0.3, -0.25) is 9.97 Å². The number of ether oxygens (including phenoxy) is 1. The second-order valence-corrected chi connectivity index (χ2v) is 7.04. The molecule has 0 radical (unpaired) electrons. The van der Waals surface area contributed by atoms with Gasteiger partial charge in [-0.05, 0) is 86.7 Å². The summed E-state index contributed by atoms with van der Waals surface area (Å²) in [5.41, 5.74) is 4.68. The van der Waals surface area contributed by atoms with Gasteiger partial charge in [0.1, 0.15) is 12.4 Å². The Bertz CT molecular complexity index is 871. The van der Waals surface area contributed by atoms with Gasteiger partial charge in [-0.2, -0.15) is 0 Å². The molecule has 26 heavy (non-hydrogen) atoms. The van der Waals surface area contributed by atoms with E-state index in [4.69, 9.17) is 9.72 Å². The highest BCUT2D eigenvalue weighted by Gasteiger charge is 2.17. The van der Waals surface area contributed by atoms with Gasteiger partial charge in [0.25, 0.3) is 0 Å². The minimum atomic E-state index is 0.542. The highest BCUT2D eigenvalue weighted by molar-refractivity contribution is 5.81. The molecule has 3 aromatic rings. The van der Waals surface area contributed by atoms with E-state index in [1.54, 1.807) is 12.4 Å². The number of benzene rings is 1. The van der Waals surface area contributed by atoms with Crippen molar-refractivity contribution >= 4 is 10.9 Å². The second-order valence-electron chi connectivity index (χ2n) is 7.04. The maximum absolute atomic E-state index is 5.93. The van der Waals surface area contributed by atoms with E-state index in [2.05, 4.69) is 29.4 Å². The zero-order chi connectivity index (χ0) is 17.8. The lowest BCUT2D eigenvalue weighted by Gasteiger charge is -2.17. The minimum absolute atomic E-state index is 0.542. The number of aromatic nitrogens is 2. The van der Waals surface area contributed by atoms with Gasteiger partial charge in [0, 0.05) is 29.5 Å². The molecule has 4 nitrogen and oxygen atoms in total. The van der Waals surface area contributed by atoms with Crippen LogP contribution in [0.25, 0.3) is 10.9 Å². The fourth-order valence-corrected chi connectivity index (χ4v) is 3.74. The minimum Gasteiger partial charge on any atom is -0.489 e. The van der Waals surface area contributed by atoms with Crippen LogP contribution < -0.4 is 10.1 Å². The average Bonchev–Trinajstić information content (AvgIpc) is 2.96. The fraction of sp³-hybridized carbons (Fsp3) is 0.364. The van der Waals surface area contributed by atoms with Crippen LogP contribution in [0.1, 0.15) is 42.0 Å². The molecule has 4 heteroatoms. The van der Waals surface area contributed by atoms with Crippen molar-refractivity contribution in [3.8, 4) is 5.75 Å². The molecule has 134 valence electrons. The van der Waals surface area contributed by atoms with E-state index in [-0.39, 0.29) is 0 Å². The topological polar surface area (TPSA) is 47.0 Å². The van der Waals surface area contributed by atoms with Gasteiger partial charge in [-0.1, -0.05) is 0 Å². The van der Waals surface area contributed by atoms with E-state index in [0.717, 1.165) is 35.6 Å². The highest BCUT2D eigenvalue weighted by atomic mass is 16.5. The second kappa shape index (κ2) is 7.83. The summed E-state index contributed by atoms with van der Waals surface area (Å²) in [6.07, 6.45) is 7.25. The first-order valence-corrected chi connectivity index (χ1v) is 9.43. The number of pyridine rings is 2. The molecule has 1 aromatic carbocycles. The summed E-state index contributed by atoms with van der Waals surface area (Å²) in [7, 11) is 0. The van der Waals surface area contributed by atoms with Gasteiger partial charge in [0.15, 0.2) is 0 Å². The monoisotopic (exact) mass is 347 g/mol. The maximum atomic E-state index is 5.93. The van der Waals surface area contributed by atoms with Crippen LogP contribution in [-0.2, 0) is 6.61 Å². The Morgan fingerprint density at radius 3 is 2.85 bits per heavy atom. The number of nitrogens with zero attached hydrogens (tertiary/aromatic N) is 2. The summed E-state index contributed by atoms with van der Waals surface area (Å²) in [5.74, 6) is 1.47. The third-order valence-corrected chi connectivity index (χ3v) is 5.19. The Balaban J connectivity index is 1.55. The van der Waals surface area contributed by atoms with E-state index in [0.29, 0.717) is 12.5 Å². The zero-order valence-corrected chi connectivity index (χ0v) is 15.2. The molecular formula is C22H25N3O. The van der Waals surface area contributed by atoms with Crippen molar-refractivity contribution in [3.63, 3.8) is 0 Å². The molecule has 1 unspecified atom stereocenters. The van der Waals surface area contributed by atoms with Crippen molar-refractivity contribution < 1.29 is 4.74 Å². The molecule has 0 bridgehead atoms. The smallest absolute Gasteiger partial charge is 0.122 e. The van der Waals surface area contributed by atoms with Gasteiger partial charge in [0.2, 0.25) is 0 Å². The van der Waals surface area contributed by atoms with Crippen LogP contribution in [0.4, 0.5) is 0 Å². The molecule has 1 atom stereocenters. The fourth-order valence-electron chi connectivity index (χ4n) is 3.74. The highest BCUT2D eigenvalue weighted by Crippen LogP contribution is 2.31. The van der Waals surface area contributed by atoms with E-state index < -0.39 is 0 Å². The van der Waals surface area contributed by atoms with Gasteiger partial charge in [-0.25, -0.2) is 0 Å². The van der Waals surface area contributed by atoms with Gasteiger partial charge < -0.3 is 10.1 Å². The van der Waals surface area contributed by atoms with Crippen molar-refractivity contribution in [2.24, 2.45) is 0 Å². The number of hydrogen-bond donors (Lipinski definition) is 1. The quantitative estimate of drug-likeness (QED) is 0.761. The SMILES string of the molecule is Cc1nc2cc(OCc3ccncc3)ccc2cc1C1CCCNCC1. The zero-order valence-electron chi connectivity index (χ0n) is 15.2. The molecule has 2 aromatic heterocycles. The molecule has 1 aliphatic heterocycles. The van der Waals surface area contributed by atoms with Crippen LogP contribution in [0.3, 0.4) is 0 Å². The molecular weight excluding hydrogens is 322 g/mol. The predicted octanol–water partition coefficient (Wildman–Crippen LogP) is 4.37. The van der Waals surface area contributed by atoms with Crippen molar-refractivity contribution in [1.29, 1.82) is 0 Å². The normalized spacial score (nSPS) is 17.8. The number of nitrogens with one attached hydrogen (secondary N) is 1. The molecule has 1 N–H and O–H groups in total. The maximum Gasteiger partial charge on any atom is 0.122 e. The van der Waals surface area contributed by atoms with E-state index in [1.807, 2.05) is 24.3 Å². The molecule has 0 aliphatic carbocycles. The lowest BCUT2D eigenvalue weighted by Crippen LogP contribution is -2.14. The Kier molecular flexibility index (Phi) is 5.12. The summed E-state index contributed by atoms with van der Waals surface area (Å²) in [6, 6.07) is 12.5. The summed E-state index contributed by atoms with van der Waals surface area (Å²) >= 11 is 0. The third kappa shape index (κ3) is 3.86. The first-order chi connectivity index (χ1) is 12.8. The van der Waals surface area contributed by atoms with Gasteiger partial charge >= 0.3 is 0 Å². The molecule has 1 saturated heterocycles. The lowest BCUT2D eigenvalue weighted by molar-refractivity contribution is 0.306. The Labute approximate surface area is 154 Å². The third-order valence-electron chi connectivity index (χ3n) is 5.19. The number of rotatable bonds is 4. The predicted molar refractivity (Wildman–Crippen MR) is 105 cm³/mol. The van der Waals surface area contributed by atoms with Crippen LogP contribution >= 0.6 is 0 Å². The summed E-state index contributed by atoms with van der Waals surface area (Å²) in [5, 5.41) is 4.69. The largest absolute Gasteiger partial charge is 0.489 e. The summed E-state index contributed by atoms with van der Waals surface area (Å²) < 4.78 is 5.93. The van der Waals surface area contributed by atoms with E-state index in [9.17, 15) is 0 Å². The summed E-state index contributed by atoms with van der Waals surface area (Å²) in [4.78, 5) is 8.92. The number of aryl methyl sites for hydroxylation is 1. The Morgan fingerprint density at radius 2 is 1.96 bits per heavy atom. The van der Waals surface area contributed by atoms with Crippen molar-refractivity contribution in [2.75, 3.05) is 13.1 Å². The van der Waals surface area contributed by atoms with E-state index >= 15 is 0 Å². The first kappa shape index (κ1) is 17.0. The van der Waals surface area contributed by atoms with Gasteiger partial charge in [0.05, 0.1) is 5.52 Å². The standard InChI is InChI=1S/C22H25N3O/c1-16-21(18-3-2-9-23-12-8-18)13-19-4-5-20(14-22(19)25-16)26-15-17-6-10-24-11-7-17/h4-7,10-11,13-14,18,23H,2-3,8-9,12,15H2,1H3. The molecule has 1 fully saturated rings. The first-order valence-electron chi connectivity index (χ1n) is 9.43. The molecule has 0 amide bonds. The molecule has 1 aliphatic rings. The van der Waals surface area contributed by atoms with Crippen molar-refractivity contribution in [2.45, 2.75) is 38.7 Å². The van der Waals surface area contributed by atoms with Crippen LogP contribution in [-0.4, -0.2) is 23.1 Å². The van der Waals surface area contributed by atoms with Crippen LogP contribution in [0, 0.1) is 6.92 Å². The molecule has 0 spiro atoms. The number of fused-ring (bicyclic) bond motifs is 1. The van der Waals surface area contributed by atoms with Crippen molar-refractivity contribution in [1.82, 2.24) is 15.3 Å². The van der Waals surface area contributed by atoms with Crippen LogP contribution in [0.5, 0.6) is 5.75 Å². The molecule has 0 saturated carbocycles. The molecule has 4 rings (SSSR count). The van der Waals surface area contributed by atoms with E-state index in [1.165, 1.54) is 30.2 Å². The molecule has 3 heterocycles.